The van der Waals surface area contributed by atoms with Gasteiger partial charge in [0.1, 0.15) is 0 Å². The van der Waals surface area contributed by atoms with Gasteiger partial charge in [0.15, 0.2) is 0 Å². The minimum absolute atomic E-state index is 0.0429. The zero-order valence-corrected chi connectivity index (χ0v) is 15.1. The molecule has 25 heavy (non-hydrogen) atoms. The van der Waals surface area contributed by atoms with E-state index in [0.717, 1.165) is 17.2 Å². The van der Waals surface area contributed by atoms with Gasteiger partial charge >= 0.3 is 6.18 Å². The van der Waals surface area contributed by atoms with Crippen LogP contribution in [-0.4, -0.2) is 15.0 Å². The van der Waals surface area contributed by atoms with Gasteiger partial charge < -0.3 is 0 Å². The van der Waals surface area contributed by atoms with Gasteiger partial charge in [0.25, 0.3) is 0 Å². The summed E-state index contributed by atoms with van der Waals surface area (Å²) in [5, 5.41) is 0. The lowest BCUT2D eigenvalue weighted by Crippen LogP contribution is -2.27. The molecule has 0 saturated heterocycles. The van der Waals surface area contributed by atoms with Gasteiger partial charge in [0.2, 0.25) is 10.0 Å². The minimum atomic E-state index is -4.46. The van der Waals surface area contributed by atoms with Gasteiger partial charge in [-0.1, -0.05) is 24.3 Å². The molecule has 3 nitrogen and oxygen atoms in total. The highest BCUT2D eigenvalue weighted by atomic mass is 32.2. The average Bonchev–Trinajstić information content (AvgIpc) is 2.51. The maximum Gasteiger partial charge on any atom is 0.416 e. The number of nitrogens with one attached hydrogen (secondary N) is 1. The Morgan fingerprint density at radius 3 is 2.24 bits per heavy atom. The van der Waals surface area contributed by atoms with E-state index in [1.165, 1.54) is 24.3 Å². The molecule has 0 saturated carbocycles. The summed E-state index contributed by atoms with van der Waals surface area (Å²) < 4.78 is 66.2. The number of rotatable bonds is 5. The third-order valence-electron chi connectivity index (χ3n) is 4.31. The number of alkyl halides is 3. The first-order valence-corrected chi connectivity index (χ1v) is 9.24. The Morgan fingerprint density at radius 1 is 0.960 bits per heavy atom. The van der Waals surface area contributed by atoms with Crippen LogP contribution in [0.3, 0.4) is 0 Å². The van der Waals surface area contributed by atoms with Crippen LogP contribution in [0, 0.1) is 20.8 Å². The largest absolute Gasteiger partial charge is 0.416 e. The standard InChI is InChI=1S/C18H20F3NO2S/c1-12-8-9-17(14(3)13(12)2)25(23,24)22-11-10-15-6-4-5-7-16(15)18(19,20)21/h4-9,22H,10-11H2,1-3H3. The van der Waals surface area contributed by atoms with Crippen molar-refractivity contribution in [2.75, 3.05) is 6.54 Å². The van der Waals surface area contributed by atoms with Gasteiger partial charge in [-0.15, -0.1) is 0 Å². The van der Waals surface area contributed by atoms with E-state index >= 15 is 0 Å². The Bertz CT molecular complexity index is 874. The first-order chi connectivity index (χ1) is 11.5. The smallest absolute Gasteiger partial charge is 0.211 e. The first-order valence-electron chi connectivity index (χ1n) is 7.75. The molecule has 2 aromatic carbocycles. The monoisotopic (exact) mass is 371 g/mol. The summed E-state index contributed by atoms with van der Waals surface area (Å²) in [5.41, 5.74) is 1.83. The number of sulfonamides is 1. The van der Waals surface area contributed by atoms with E-state index in [2.05, 4.69) is 4.72 Å². The molecule has 0 atom stereocenters. The molecular formula is C18H20F3NO2S. The molecule has 0 unspecified atom stereocenters. The Kier molecular flexibility index (Phi) is 5.58. The van der Waals surface area contributed by atoms with Gasteiger partial charge in [-0.2, -0.15) is 13.2 Å². The number of aryl methyl sites for hydroxylation is 1. The quantitative estimate of drug-likeness (QED) is 0.858. The summed E-state index contributed by atoms with van der Waals surface area (Å²) in [6.07, 6.45) is -4.50. The highest BCUT2D eigenvalue weighted by Gasteiger charge is 2.32. The van der Waals surface area contributed by atoms with Crippen LogP contribution in [0.15, 0.2) is 41.3 Å². The fourth-order valence-corrected chi connectivity index (χ4v) is 3.96. The molecule has 1 N–H and O–H groups in total. The molecule has 136 valence electrons. The molecule has 0 aliphatic heterocycles. The van der Waals surface area contributed by atoms with E-state index in [9.17, 15) is 21.6 Å². The first kappa shape index (κ1) is 19.5. The lowest BCUT2D eigenvalue weighted by atomic mass is 10.0. The maximum atomic E-state index is 13.0. The summed E-state index contributed by atoms with van der Waals surface area (Å²) >= 11 is 0. The zero-order chi connectivity index (χ0) is 18.8. The highest BCUT2D eigenvalue weighted by molar-refractivity contribution is 7.89. The van der Waals surface area contributed by atoms with Crippen LogP contribution in [0.2, 0.25) is 0 Å². The van der Waals surface area contributed by atoms with Crippen molar-refractivity contribution in [3.8, 4) is 0 Å². The maximum absolute atomic E-state index is 13.0. The Balaban J connectivity index is 2.16. The van der Waals surface area contributed by atoms with Gasteiger partial charge in [0.05, 0.1) is 10.5 Å². The second kappa shape index (κ2) is 7.17. The fraction of sp³-hybridized carbons (Fsp3) is 0.333. The molecule has 0 bridgehead atoms. The number of halogens is 3. The summed E-state index contributed by atoms with van der Waals surface area (Å²) in [5.74, 6) is 0. The van der Waals surface area contributed by atoms with Crippen LogP contribution in [0.25, 0.3) is 0 Å². The van der Waals surface area contributed by atoms with Crippen molar-refractivity contribution < 1.29 is 21.6 Å². The van der Waals surface area contributed by atoms with E-state index in [4.69, 9.17) is 0 Å². The van der Waals surface area contributed by atoms with E-state index in [0.29, 0.717) is 5.56 Å². The number of hydrogen-bond donors (Lipinski definition) is 1. The summed E-state index contributed by atoms with van der Waals surface area (Å²) in [7, 11) is -3.78. The summed E-state index contributed by atoms with van der Waals surface area (Å²) in [6, 6.07) is 8.41. The van der Waals surface area contributed by atoms with Crippen LogP contribution < -0.4 is 4.72 Å². The Labute approximate surface area is 145 Å². The second-order valence-corrected chi connectivity index (χ2v) is 7.67. The van der Waals surface area contributed by atoms with Gasteiger partial charge in [-0.25, -0.2) is 13.1 Å². The predicted molar refractivity (Wildman–Crippen MR) is 91.0 cm³/mol. The fourth-order valence-electron chi connectivity index (χ4n) is 2.64. The third-order valence-corrected chi connectivity index (χ3v) is 5.91. The predicted octanol–water partition coefficient (Wildman–Crippen LogP) is 4.15. The summed E-state index contributed by atoms with van der Waals surface area (Å²) in [6.45, 7) is 5.33. The van der Waals surface area contributed by atoms with Crippen molar-refractivity contribution in [2.24, 2.45) is 0 Å². The van der Waals surface area contributed by atoms with Crippen molar-refractivity contribution in [1.82, 2.24) is 4.72 Å². The normalized spacial score (nSPS) is 12.4. The van der Waals surface area contributed by atoms with Gasteiger partial charge in [-0.05, 0) is 61.6 Å². The van der Waals surface area contributed by atoms with Gasteiger partial charge in [0, 0.05) is 6.54 Å². The lowest BCUT2D eigenvalue weighted by Gasteiger charge is -2.14. The number of hydrogen-bond acceptors (Lipinski definition) is 2. The zero-order valence-electron chi connectivity index (χ0n) is 14.2. The van der Waals surface area contributed by atoms with Crippen molar-refractivity contribution in [3.05, 3.63) is 64.2 Å². The molecule has 7 heteroatoms. The molecule has 0 heterocycles. The number of benzene rings is 2. The Morgan fingerprint density at radius 2 is 1.60 bits per heavy atom. The molecule has 0 fully saturated rings. The van der Waals surface area contributed by atoms with Crippen LogP contribution in [0.5, 0.6) is 0 Å². The van der Waals surface area contributed by atoms with Crippen molar-refractivity contribution in [3.63, 3.8) is 0 Å². The molecule has 0 aromatic heterocycles. The average molecular weight is 371 g/mol. The second-order valence-electron chi connectivity index (χ2n) is 5.93. The van der Waals surface area contributed by atoms with Crippen molar-refractivity contribution in [1.29, 1.82) is 0 Å². The highest BCUT2D eigenvalue weighted by Crippen LogP contribution is 2.32. The van der Waals surface area contributed by atoms with E-state index < -0.39 is 21.8 Å². The van der Waals surface area contributed by atoms with Crippen LogP contribution >= 0.6 is 0 Å². The van der Waals surface area contributed by atoms with Crippen LogP contribution in [-0.2, 0) is 22.6 Å². The molecule has 0 spiro atoms. The molecule has 0 aliphatic carbocycles. The van der Waals surface area contributed by atoms with E-state index in [-0.39, 0.29) is 23.4 Å². The molecule has 0 radical (unpaired) electrons. The molecule has 0 aliphatic rings. The molecule has 0 amide bonds. The van der Waals surface area contributed by atoms with E-state index in [1.807, 2.05) is 13.8 Å². The lowest BCUT2D eigenvalue weighted by molar-refractivity contribution is -0.138. The van der Waals surface area contributed by atoms with Crippen molar-refractivity contribution >= 4 is 10.0 Å². The molecule has 2 rings (SSSR count). The minimum Gasteiger partial charge on any atom is -0.211 e. The Hall–Kier alpha value is -1.86. The van der Waals surface area contributed by atoms with Crippen LogP contribution in [0.1, 0.15) is 27.8 Å². The van der Waals surface area contributed by atoms with Crippen molar-refractivity contribution in [2.45, 2.75) is 38.3 Å². The SMILES string of the molecule is Cc1ccc(S(=O)(=O)NCCc2ccccc2C(F)(F)F)c(C)c1C. The summed E-state index contributed by atoms with van der Waals surface area (Å²) in [4.78, 5) is 0.153. The van der Waals surface area contributed by atoms with Gasteiger partial charge in [-0.3, -0.25) is 0 Å². The molecular weight excluding hydrogens is 351 g/mol. The third kappa shape index (κ3) is 4.41. The van der Waals surface area contributed by atoms with E-state index in [1.54, 1.807) is 13.0 Å². The molecule has 2 aromatic rings. The van der Waals surface area contributed by atoms with Crippen LogP contribution in [0.4, 0.5) is 13.2 Å². The topological polar surface area (TPSA) is 46.2 Å².